The van der Waals surface area contributed by atoms with Gasteiger partial charge in [-0.25, -0.2) is 4.68 Å². The fourth-order valence-corrected chi connectivity index (χ4v) is 3.15. The molecule has 0 radical (unpaired) electrons. The summed E-state index contributed by atoms with van der Waals surface area (Å²) in [6.45, 7) is 4.71. The van der Waals surface area contributed by atoms with E-state index in [-0.39, 0.29) is 5.69 Å². The Hall–Kier alpha value is -3.15. The summed E-state index contributed by atoms with van der Waals surface area (Å²) < 4.78 is 7.70. The van der Waals surface area contributed by atoms with Crippen molar-refractivity contribution in [3.63, 3.8) is 0 Å². The van der Waals surface area contributed by atoms with E-state index in [1.165, 1.54) is 17.2 Å². The fraction of sp³-hybridized carbons (Fsp3) is 0.211. The van der Waals surface area contributed by atoms with E-state index in [9.17, 15) is 10.1 Å². The Balaban J connectivity index is 1.95. The predicted molar refractivity (Wildman–Crippen MR) is 94.3 cm³/mol. The second kappa shape index (κ2) is 5.73. The van der Waals surface area contributed by atoms with Crippen molar-refractivity contribution in [2.75, 3.05) is 6.61 Å². The summed E-state index contributed by atoms with van der Waals surface area (Å²) in [5.74, 6) is 0.828. The first-order valence-electron chi connectivity index (χ1n) is 8.11. The van der Waals surface area contributed by atoms with Crippen LogP contribution in [0.2, 0.25) is 0 Å². The van der Waals surface area contributed by atoms with Gasteiger partial charge in [0.05, 0.1) is 29.1 Å². The van der Waals surface area contributed by atoms with Gasteiger partial charge in [0.15, 0.2) is 0 Å². The number of fused-ring (bicyclic) bond motifs is 3. The van der Waals surface area contributed by atoms with Gasteiger partial charge in [-0.1, -0.05) is 6.07 Å². The third-order valence-corrected chi connectivity index (χ3v) is 4.61. The molecule has 0 fully saturated rings. The van der Waals surface area contributed by atoms with Crippen molar-refractivity contribution in [2.45, 2.75) is 20.3 Å². The number of non-ortho nitro benzene ring substituents is 1. The van der Waals surface area contributed by atoms with Gasteiger partial charge in [-0.15, -0.1) is 0 Å². The Labute approximate surface area is 144 Å². The van der Waals surface area contributed by atoms with Crippen LogP contribution in [-0.4, -0.2) is 21.3 Å². The van der Waals surface area contributed by atoms with Crippen LogP contribution < -0.4 is 4.74 Å². The average Bonchev–Trinajstić information content (AvgIpc) is 2.94. The van der Waals surface area contributed by atoms with E-state index >= 15 is 0 Å². The van der Waals surface area contributed by atoms with Crippen molar-refractivity contribution < 1.29 is 9.66 Å². The van der Waals surface area contributed by atoms with E-state index in [2.05, 4.69) is 25.0 Å². The summed E-state index contributed by atoms with van der Waals surface area (Å²) in [6, 6.07) is 10.7. The Kier molecular flexibility index (Phi) is 3.53. The minimum atomic E-state index is -0.393. The molecule has 126 valence electrons. The molecule has 1 aliphatic rings. The molecule has 2 aromatic carbocycles. The summed E-state index contributed by atoms with van der Waals surface area (Å²) in [5, 5.41) is 15.6. The van der Waals surface area contributed by atoms with E-state index in [0.717, 1.165) is 29.0 Å². The van der Waals surface area contributed by atoms with E-state index < -0.39 is 4.92 Å². The standard InChI is InChI=1S/C19H17N3O3/c1-12-8-17-18(9-13(12)2)25-7-6-14-11-20-21(19(14)17)15-4-3-5-16(10-15)22(23)24/h3-5,8-11H,6-7H2,1-2H3. The quantitative estimate of drug-likeness (QED) is 0.524. The number of nitro groups is 1. The predicted octanol–water partition coefficient (Wildman–Crippen LogP) is 4.00. The van der Waals surface area contributed by atoms with Crippen molar-refractivity contribution in [2.24, 2.45) is 0 Å². The largest absolute Gasteiger partial charge is 0.493 e. The SMILES string of the molecule is Cc1cc2c(cc1C)-c1c(cnn1-c1cccc([N+](=O)[O-])c1)CCO2. The normalized spacial score (nSPS) is 12.7. The lowest BCUT2D eigenvalue weighted by molar-refractivity contribution is -0.384. The first kappa shape index (κ1) is 15.4. The highest BCUT2D eigenvalue weighted by Crippen LogP contribution is 2.38. The summed E-state index contributed by atoms with van der Waals surface area (Å²) in [7, 11) is 0. The molecule has 0 bridgehead atoms. The molecular formula is C19H17N3O3. The first-order chi connectivity index (χ1) is 12.0. The molecule has 0 saturated carbocycles. The number of ether oxygens (including phenoxy) is 1. The minimum Gasteiger partial charge on any atom is -0.493 e. The molecule has 1 aromatic heterocycles. The van der Waals surface area contributed by atoms with E-state index in [4.69, 9.17) is 4.74 Å². The summed E-state index contributed by atoms with van der Waals surface area (Å²) in [5.41, 5.74) is 6.04. The van der Waals surface area contributed by atoms with Crippen LogP contribution >= 0.6 is 0 Å². The fourth-order valence-electron chi connectivity index (χ4n) is 3.15. The smallest absolute Gasteiger partial charge is 0.271 e. The molecule has 0 aliphatic carbocycles. The second-order valence-corrected chi connectivity index (χ2v) is 6.24. The van der Waals surface area contributed by atoms with Crippen molar-refractivity contribution >= 4 is 5.69 Å². The lowest BCUT2D eigenvalue weighted by atomic mass is 10.0. The molecule has 0 amide bonds. The zero-order valence-corrected chi connectivity index (χ0v) is 14.0. The van der Waals surface area contributed by atoms with Gasteiger partial charge >= 0.3 is 0 Å². The highest BCUT2D eigenvalue weighted by Gasteiger charge is 2.22. The van der Waals surface area contributed by atoms with Gasteiger partial charge in [0.1, 0.15) is 5.75 Å². The summed E-state index contributed by atoms with van der Waals surface area (Å²) in [6.07, 6.45) is 2.57. The van der Waals surface area contributed by atoms with Gasteiger partial charge < -0.3 is 4.74 Å². The number of benzene rings is 2. The molecule has 6 nitrogen and oxygen atoms in total. The highest BCUT2D eigenvalue weighted by molar-refractivity contribution is 5.74. The molecule has 0 N–H and O–H groups in total. The van der Waals surface area contributed by atoms with Gasteiger partial charge in [0, 0.05) is 29.7 Å². The van der Waals surface area contributed by atoms with E-state index in [0.29, 0.717) is 12.3 Å². The number of rotatable bonds is 2. The molecule has 25 heavy (non-hydrogen) atoms. The molecule has 4 rings (SSSR count). The van der Waals surface area contributed by atoms with Gasteiger partial charge in [-0.3, -0.25) is 10.1 Å². The molecule has 1 aliphatic heterocycles. The maximum atomic E-state index is 11.1. The third-order valence-electron chi connectivity index (χ3n) is 4.61. The van der Waals surface area contributed by atoms with Crippen LogP contribution in [0, 0.1) is 24.0 Å². The van der Waals surface area contributed by atoms with Crippen LogP contribution in [0.5, 0.6) is 5.75 Å². The number of nitro benzene ring substituents is 1. The lowest BCUT2D eigenvalue weighted by Crippen LogP contribution is -2.01. The van der Waals surface area contributed by atoms with Gasteiger partial charge in [-0.05, 0) is 43.2 Å². The second-order valence-electron chi connectivity index (χ2n) is 6.24. The molecule has 2 heterocycles. The van der Waals surface area contributed by atoms with Crippen LogP contribution in [0.4, 0.5) is 5.69 Å². The number of aromatic nitrogens is 2. The van der Waals surface area contributed by atoms with Crippen LogP contribution in [0.1, 0.15) is 16.7 Å². The highest BCUT2D eigenvalue weighted by atomic mass is 16.6. The van der Waals surface area contributed by atoms with Crippen molar-refractivity contribution in [1.29, 1.82) is 0 Å². The molecule has 6 heteroatoms. The number of hydrogen-bond donors (Lipinski definition) is 0. The van der Waals surface area contributed by atoms with Crippen LogP contribution in [0.3, 0.4) is 0 Å². The molecule has 0 spiro atoms. The molecule has 0 unspecified atom stereocenters. The van der Waals surface area contributed by atoms with E-state index in [1.54, 1.807) is 16.8 Å². The van der Waals surface area contributed by atoms with Crippen molar-refractivity contribution in [3.05, 3.63) is 69.4 Å². The third kappa shape index (κ3) is 2.55. The van der Waals surface area contributed by atoms with Gasteiger partial charge in [0.25, 0.3) is 5.69 Å². The van der Waals surface area contributed by atoms with Crippen molar-refractivity contribution in [3.8, 4) is 22.7 Å². The molecule has 0 saturated heterocycles. The Morgan fingerprint density at radius 2 is 2.00 bits per heavy atom. The molecule has 3 aromatic rings. The van der Waals surface area contributed by atoms with Gasteiger partial charge in [0.2, 0.25) is 0 Å². The van der Waals surface area contributed by atoms with E-state index in [1.807, 2.05) is 18.3 Å². The number of nitrogens with zero attached hydrogens (tertiary/aromatic N) is 3. The Morgan fingerprint density at radius 1 is 1.20 bits per heavy atom. The van der Waals surface area contributed by atoms with Crippen LogP contribution in [0.15, 0.2) is 42.6 Å². The minimum absolute atomic E-state index is 0.0481. The Morgan fingerprint density at radius 3 is 2.80 bits per heavy atom. The van der Waals surface area contributed by atoms with Gasteiger partial charge in [-0.2, -0.15) is 5.10 Å². The maximum Gasteiger partial charge on any atom is 0.271 e. The maximum absolute atomic E-state index is 11.1. The number of aryl methyl sites for hydroxylation is 2. The molecule has 0 atom stereocenters. The topological polar surface area (TPSA) is 70.2 Å². The van der Waals surface area contributed by atoms with Crippen LogP contribution in [0.25, 0.3) is 16.9 Å². The zero-order chi connectivity index (χ0) is 17.6. The summed E-state index contributed by atoms with van der Waals surface area (Å²) >= 11 is 0. The molecular weight excluding hydrogens is 318 g/mol. The Bertz CT molecular complexity index is 992. The van der Waals surface area contributed by atoms with Crippen LogP contribution in [-0.2, 0) is 6.42 Å². The van der Waals surface area contributed by atoms with Crippen molar-refractivity contribution in [1.82, 2.24) is 9.78 Å². The zero-order valence-electron chi connectivity index (χ0n) is 14.0. The monoisotopic (exact) mass is 335 g/mol. The average molecular weight is 335 g/mol. The number of hydrogen-bond acceptors (Lipinski definition) is 4. The first-order valence-corrected chi connectivity index (χ1v) is 8.11. The summed E-state index contributed by atoms with van der Waals surface area (Å²) in [4.78, 5) is 10.7. The lowest BCUT2D eigenvalue weighted by Gasteiger charge is -2.13.